The van der Waals surface area contributed by atoms with Gasteiger partial charge in [-0.25, -0.2) is 0 Å². The molecule has 1 fully saturated rings. The molecule has 1 atom stereocenters. The number of Topliss-reactive ketones (excluding diaryl/α,β-unsaturated/α-hetero) is 1. The van der Waals surface area contributed by atoms with Crippen molar-refractivity contribution in [1.29, 1.82) is 5.26 Å². The molecule has 1 aliphatic carbocycles. The van der Waals surface area contributed by atoms with Gasteiger partial charge in [-0.15, -0.1) is 0 Å². The smallest absolute Gasteiger partial charge is 0.247 e. The summed E-state index contributed by atoms with van der Waals surface area (Å²) in [5.41, 5.74) is 1.09. The molecule has 22 heavy (non-hydrogen) atoms. The standard InChI is InChI=1S/C17H22N2O2S/c1-19(14-5-3-2-4-6-14)17(21)15(11-18)16(20)8-7-13-9-10-22-12-13/h9-10,12,14-15H,2-8H2,1H3/t15-/m0/s1. The highest BCUT2D eigenvalue weighted by atomic mass is 32.1. The molecule has 5 heteroatoms. The maximum absolute atomic E-state index is 12.5. The van der Waals surface area contributed by atoms with Crippen LogP contribution < -0.4 is 0 Å². The van der Waals surface area contributed by atoms with Crippen LogP contribution in [-0.4, -0.2) is 29.7 Å². The minimum atomic E-state index is -1.15. The zero-order valence-corrected chi connectivity index (χ0v) is 13.8. The molecule has 1 amide bonds. The molecule has 2 rings (SSSR count). The van der Waals surface area contributed by atoms with Crippen LogP contribution in [0.25, 0.3) is 0 Å². The van der Waals surface area contributed by atoms with Gasteiger partial charge in [0.05, 0.1) is 6.07 Å². The van der Waals surface area contributed by atoms with Gasteiger partial charge in [-0.05, 0) is 41.7 Å². The predicted octanol–water partition coefficient (Wildman–Crippen LogP) is 3.18. The van der Waals surface area contributed by atoms with Gasteiger partial charge in [-0.1, -0.05) is 19.3 Å². The predicted molar refractivity (Wildman–Crippen MR) is 86.4 cm³/mol. The number of carbonyl (C=O) groups excluding carboxylic acids is 2. The first-order valence-electron chi connectivity index (χ1n) is 7.83. The first-order chi connectivity index (χ1) is 10.6. The van der Waals surface area contributed by atoms with Crippen LogP contribution in [0, 0.1) is 17.2 Å². The van der Waals surface area contributed by atoms with Crippen molar-refractivity contribution in [2.24, 2.45) is 5.92 Å². The van der Waals surface area contributed by atoms with E-state index in [1.165, 1.54) is 6.42 Å². The molecule has 1 heterocycles. The summed E-state index contributed by atoms with van der Waals surface area (Å²) >= 11 is 1.58. The van der Waals surface area contributed by atoms with Gasteiger partial charge >= 0.3 is 0 Å². The molecule has 4 nitrogen and oxygen atoms in total. The van der Waals surface area contributed by atoms with Gasteiger partial charge in [-0.2, -0.15) is 16.6 Å². The Kier molecular flexibility index (Phi) is 6.14. The maximum Gasteiger partial charge on any atom is 0.247 e. The van der Waals surface area contributed by atoms with Crippen molar-refractivity contribution in [2.45, 2.75) is 51.0 Å². The second-order valence-electron chi connectivity index (χ2n) is 5.90. The average Bonchev–Trinajstić information content (AvgIpc) is 3.07. The van der Waals surface area contributed by atoms with Crippen LogP contribution in [0.3, 0.4) is 0 Å². The summed E-state index contributed by atoms with van der Waals surface area (Å²) in [5, 5.41) is 13.2. The summed E-state index contributed by atoms with van der Waals surface area (Å²) in [6.45, 7) is 0. The molecular weight excluding hydrogens is 296 g/mol. The van der Waals surface area contributed by atoms with E-state index in [0.29, 0.717) is 6.42 Å². The van der Waals surface area contributed by atoms with E-state index in [1.807, 2.05) is 22.9 Å². The number of thiophene rings is 1. The van der Waals surface area contributed by atoms with Gasteiger partial charge in [0.1, 0.15) is 0 Å². The van der Waals surface area contributed by atoms with E-state index < -0.39 is 5.92 Å². The SMILES string of the molecule is CN(C(=O)[C@@H](C#N)C(=O)CCc1ccsc1)C1CCCCC1. The van der Waals surface area contributed by atoms with Gasteiger partial charge in [-0.3, -0.25) is 9.59 Å². The van der Waals surface area contributed by atoms with Crippen molar-refractivity contribution >= 4 is 23.0 Å². The molecule has 1 aromatic rings. The van der Waals surface area contributed by atoms with Crippen molar-refractivity contribution < 1.29 is 9.59 Å². The van der Waals surface area contributed by atoms with E-state index in [0.717, 1.165) is 31.2 Å². The van der Waals surface area contributed by atoms with Crippen molar-refractivity contribution in [2.75, 3.05) is 7.05 Å². The second-order valence-corrected chi connectivity index (χ2v) is 6.68. The highest BCUT2D eigenvalue weighted by molar-refractivity contribution is 7.07. The van der Waals surface area contributed by atoms with Crippen molar-refractivity contribution in [3.63, 3.8) is 0 Å². The van der Waals surface area contributed by atoms with Crippen LogP contribution in [0.2, 0.25) is 0 Å². The fourth-order valence-corrected chi connectivity index (χ4v) is 3.67. The van der Waals surface area contributed by atoms with Crippen LogP contribution in [0.4, 0.5) is 0 Å². The Labute approximate surface area is 135 Å². The van der Waals surface area contributed by atoms with E-state index in [9.17, 15) is 14.9 Å². The number of hydrogen-bond donors (Lipinski definition) is 0. The second kappa shape index (κ2) is 8.09. The van der Waals surface area contributed by atoms with Crippen LogP contribution in [0.15, 0.2) is 16.8 Å². The summed E-state index contributed by atoms with van der Waals surface area (Å²) in [4.78, 5) is 26.3. The summed E-state index contributed by atoms with van der Waals surface area (Å²) in [7, 11) is 1.73. The Morgan fingerprint density at radius 3 is 2.73 bits per heavy atom. The number of nitriles is 1. The van der Waals surface area contributed by atoms with Crippen LogP contribution in [0.1, 0.15) is 44.1 Å². The van der Waals surface area contributed by atoms with E-state index >= 15 is 0 Å². The van der Waals surface area contributed by atoms with Crippen molar-refractivity contribution in [3.8, 4) is 6.07 Å². The lowest BCUT2D eigenvalue weighted by Crippen LogP contribution is -2.43. The summed E-state index contributed by atoms with van der Waals surface area (Å²) in [5.74, 6) is -1.74. The third-order valence-corrected chi connectivity index (χ3v) is 5.14. The van der Waals surface area contributed by atoms with Crippen LogP contribution >= 0.6 is 11.3 Å². The molecule has 0 spiro atoms. The number of ketones is 1. The molecule has 0 saturated heterocycles. The summed E-state index contributed by atoms with van der Waals surface area (Å²) < 4.78 is 0. The number of rotatable bonds is 6. The molecule has 0 aliphatic heterocycles. The quantitative estimate of drug-likeness (QED) is 0.757. The zero-order valence-electron chi connectivity index (χ0n) is 13.0. The van der Waals surface area contributed by atoms with Crippen molar-refractivity contribution in [1.82, 2.24) is 4.90 Å². The summed E-state index contributed by atoms with van der Waals surface area (Å²) in [6.07, 6.45) is 6.24. The number of carbonyl (C=O) groups is 2. The monoisotopic (exact) mass is 318 g/mol. The Bertz CT molecular complexity index is 542. The van der Waals surface area contributed by atoms with Crippen LogP contribution in [0.5, 0.6) is 0 Å². The first kappa shape index (κ1) is 16.7. The molecule has 0 unspecified atom stereocenters. The lowest BCUT2D eigenvalue weighted by molar-refractivity contribution is -0.140. The Morgan fingerprint density at radius 2 is 2.14 bits per heavy atom. The molecule has 1 aromatic heterocycles. The minimum absolute atomic E-state index is 0.182. The molecular formula is C17H22N2O2S. The van der Waals surface area contributed by atoms with Gasteiger partial charge in [0.15, 0.2) is 11.7 Å². The molecule has 1 aliphatic rings. The number of amides is 1. The van der Waals surface area contributed by atoms with Gasteiger partial charge < -0.3 is 4.90 Å². The third-order valence-electron chi connectivity index (χ3n) is 4.41. The fraction of sp³-hybridized carbons (Fsp3) is 0.588. The van der Waals surface area contributed by atoms with E-state index in [-0.39, 0.29) is 24.2 Å². The van der Waals surface area contributed by atoms with Gasteiger partial charge in [0.2, 0.25) is 5.91 Å². The number of nitrogens with zero attached hydrogens (tertiary/aromatic N) is 2. The van der Waals surface area contributed by atoms with Crippen LogP contribution in [-0.2, 0) is 16.0 Å². The highest BCUT2D eigenvalue weighted by Gasteiger charge is 2.32. The molecule has 0 radical (unpaired) electrons. The largest absolute Gasteiger partial charge is 0.341 e. The zero-order chi connectivity index (χ0) is 15.9. The third kappa shape index (κ3) is 4.17. The minimum Gasteiger partial charge on any atom is -0.341 e. The lowest BCUT2D eigenvalue weighted by atomic mass is 9.92. The molecule has 118 valence electrons. The van der Waals surface area contributed by atoms with E-state index in [1.54, 1.807) is 23.3 Å². The lowest BCUT2D eigenvalue weighted by Gasteiger charge is -2.32. The Hall–Kier alpha value is -1.67. The van der Waals surface area contributed by atoms with Crippen molar-refractivity contribution in [3.05, 3.63) is 22.4 Å². The topological polar surface area (TPSA) is 61.2 Å². The van der Waals surface area contributed by atoms with E-state index in [4.69, 9.17) is 0 Å². The molecule has 0 bridgehead atoms. The van der Waals surface area contributed by atoms with E-state index in [2.05, 4.69) is 0 Å². The fourth-order valence-electron chi connectivity index (χ4n) is 2.96. The first-order valence-corrected chi connectivity index (χ1v) is 8.78. The maximum atomic E-state index is 12.5. The number of aryl methyl sites for hydroxylation is 1. The Morgan fingerprint density at radius 1 is 1.41 bits per heavy atom. The number of hydrogen-bond acceptors (Lipinski definition) is 4. The highest BCUT2D eigenvalue weighted by Crippen LogP contribution is 2.23. The molecule has 0 N–H and O–H groups in total. The Balaban J connectivity index is 1.92. The average molecular weight is 318 g/mol. The molecule has 1 saturated carbocycles. The van der Waals surface area contributed by atoms with Gasteiger partial charge in [0.25, 0.3) is 0 Å². The normalized spacial score (nSPS) is 16.7. The van der Waals surface area contributed by atoms with Gasteiger partial charge in [0, 0.05) is 19.5 Å². The molecule has 0 aromatic carbocycles. The summed E-state index contributed by atoms with van der Waals surface area (Å²) in [6, 6.07) is 4.06.